The summed E-state index contributed by atoms with van der Waals surface area (Å²) < 4.78 is 4.82. The Morgan fingerprint density at radius 1 is 1.05 bits per heavy atom. The summed E-state index contributed by atoms with van der Waals surface area (Å²) in [6.45, 7) is 3.35. The van der Waals surface area contributed by atoms with Crippen LogP contribution in [0, 0.1) is 11.3 Å². The fraction of sp³-hybridized carbons (Fsp3) is 0.812. The molecule has 0 bridgehead atoms. The molecule has 0 aliphatic carbocycles. The lowest BCUT2D eigenvalue weighted by molar-refractivity contribution is -0.155. The van der Waals surface area contributed by atoms with E-state index in [-0.39, 0.29) is 18.8 Å². The van der Waals surface area contributed by atoms with Crippen molar-refractivity contribution in [1.82, 2.24) is 0 Å². The van der Waals surface area contributed by atoms with Gasteiger partial charge < -0.3 is 14.9 Å². The van der Waals surface area contributed by atoms with Crippen LogP contribution < -0.4 is 0 Å². The van der Waals surface area contributed by atoms with Crippen molar-refractivity contribution in [2.45, 2.75) is 65.2 Å². The quantitative estimate of drug-likeness (QED) is 0.424. The van der Waals surface area contributed by atoms with E-state index in [1.807, 2.05) is 0 Å². The fourth-order valence-electron chi connectivity index (χ4n) is 2.62. The van der Waals surface area contributed by atoms with Crippen molar-refractivity contribution in [3.63, 3.8) is 0 Å². The molecule has 0 heterocycles. The van der Waals surface area contributed by atoms with Gasteiger partial charge in [-0.15, -0.1) is 0 Å². The van der Waals surface area contributed by atoms with Gasteiger partial charge in [-0.05, 0) is 26.2 Å². The van der Waals surface area contributed by atoms with E-state index in [1.165, 1.54) is 7.11 Å². The first-order chi connectivity index (χ1) is 10.2. The van der Waals surface area contributed by atoms with Crippen LogP contribution in [-0.2, 0) is 19.1 Å². The van der Waals surface area contributed by atoms with Crippen LogP contribution in [0.5, 0.6) is 0 Å². The van der Waals surface area contributed by atoms with E-state index in [1.54, 1.807) is 13.8 Å². The van der Waals surface area contributed by atoms with E-state index < -0.39 is 23.3 Å². The van der Waals surface area contributed by atoms with Crippen LogP contribution in [0.15, 0.2) is 0 Å². The van der Waals surface area contributed by atoms with Gasteiger partial charge >= 0.3 is 17.9 Å². The summed E-state index contributed by atoms with van der Waals surface area (Å²) in [7, 11) is 1.32. The monoisotopic (exact) mass is 316 g/mol. The SMILES string of the molecule is COC(=O)C(C)(CCCCCCCC(=O)O)CC(C)C(=O)O. The topological polar surface area (TPSA) is 101 Å². The van der Waals surface area contributed by atoms with E-state index in [9.17, 15) is 14.4 Å². The number of carbonyl (C=O) groups is 3. The van der Waals surface area contributed by atoms with Gasteiger partial charge in [0.25, 0.3) is 0 Å². The van der Waals surface area contributed by atoms with E-state index in [0.29, 0.717) is 12.8 Å². The molecule has 0 aliphatic heterocycles. The molecule has 0 spiro atoms. The summed E-state index contributed by atoms with van der Waals surface area (Å²) in [5, 5.41) is 17.6. The van der Waals surface area contributed by atoms with E-state index in [0.717, 1.165) is 25.7 Å². The van der Waals surface area contributed by atoms with Crippen LogP contribution in [0.3, 0.4) is 0 Å². The van der Waals surface area contributed by atoms with Crippen LogP contribution in [0.4, 0.5) is 0 Å². The second-order valence-corrected chi connectivity index (χ2v) is 6.16. The number of carboxylic acids is 2. The molecule has 128 valence electrons. The van der Waals surface area contributed by atoms with Gasteiger partial charge in [-0.1, -0.05) is 32.6 Å². The highest BCUT2D eigenvalue weighted by Crippen LogP contribution is 2.33. The van der Waals surface area contributed by atoms with Gasteiger partial charge in [0.15, 0.2) is 0 Å². The highest BCUT2D eigenvalue weighted by Gasteiger charge is 2.36. The molecule has 0 saturated heterocycles. The molecular formula is C16H28O6. The van der Waals surface area contributed by atoms with Crippen LogP contribution in [0.25, 0.3) is 0 Å². The lowest BCUT2D eigenvalue weighted by Crippen LogP contribution is -2.33. The fourth-order valence-corrected chi connectivity index (χ4v) is 2.62. The molecular weight excluding hydrogens is 288 g/mol. The minimum atomic E-state index is -0.913. The predicted octanol–water partition coefficient (Wildman–Crippen LogP) is 3.09. The summed E-state index contributed by atoms with van der Waals surface area (Å²) in [5.74, 6) is -2.66. The van der Waals surface area contributed by atoms with Gasteiger partial charge in [-0.3, -0.25) is 14.4 Å². The smallest absolute Gasteiger partial charge is 0.311 e. The number of methoxy groups -OCH3 is 1. The van der Waals surface area contributed by atoms with Crippen molar-refractivity contribution in [3.05, 3.63) is 0 Å². The average Bonchev–Trinajstić information content (AvgIpc) is 2.44. The zero-order chi connectivity index (χ0) is 17.2. The third-order valence-electron chi connectivity index (χ3n) is 3.98. The number of hydrogen-bond acceptors (Lipinski definition) is 4. The van der Waals surface area contributed by atoms with Gasteiger partial charge in [0, 0.05) is 6.42 Å². The molecule has 6 nitrogen and oxygen atoms in total. The number of ether oxygens (including phenoxy) is 1. The second kappa shape index (κ2) is 10.2. The summed E-state index contributed by atoms with van der Waals surface area (Å²) in [5.41, 5.74) is -0.784. The Hall–Kier alpha value is -1.59. The van der Waals surface area contributed by atoms with Crippen molar-refractivity contribution in [2.24, 2.45) is 11.3 Å². The number of hydrogen-bond donors (Lipinski definition) is 2. The third-order valence-corrected chi connectivity index (χ3v) is 3.98. The van der Waals surface area contributed by atoms with Crippen LogP contribution in [0.2, 0.25) is 0 Å². The Morgan fingerprint density at radius 2 is 1.59 bits per heavy atom. The van der Waals surface area contributed by atoms with Gasteiger partial charge in [-0.2, -0.15) is 0 Å². The largest absolute Gasteiger partial charge is 0.481 e. The molecule has 0 aromatic heterocycles. The van der Waals surface area contributed by atoms with Gasteiger partial charge in [-0.25, -0.2) is 0 Å². The maximum absolute atomic E-state index is 12.0. The van der Waals surface area contributed by atoms with Gasteiger partial charge in [0.05, 0.1) is 18.4 Å². The molecule has 0 aliphatic rings. The Kier molecular flexibility index (Phi) is 9.45. The summed E-state index contributed by atoms with van der Waals surface area (Å²) in [6.07, 6.45) is 5.16. The minimum Gasteiger partial charge on any atom is -0.481 e. The first kappa shape index (κ1) is 20.4. The van der Waals surface area contributed by atoms with E-state index in [2.05, 4.69) is 0 Å². The van der Waals surface area contributed by atoms with Crippen LogP contribution in [-0.4, -0.2) is 35.2 Å². The minimum absolute atomic E-state index is 0.190. The molecule has 0 radical (unpaired) electrons. The number of aliphatic carboxylic acids is 2. The number of carboxylic acid groups (broad SMARTS) is 2. The lowest BCUT2D eigenvalue weighted by Gasteiger charge is -2.28. The first-order valence-electron chi connectivity index (χ1n) is 7.76. The lowest BCUT2D eigenvalue weighted by atomic mass is 9.77. The second-order valence-electron chi connectivity index (χ2n) is 6.16. The summed E-state index contributed by atoms with van der Waals surface area (Å²) in [4.78, 5) is 33.3. The van der Waals surface area contributed by atoms with Crippen molar-refractivity contribution < 1.29 is 29.3 Å². The van der Waals surface area contributed by atoms with Crippen molar-refractivity contribution >= 4 is 17.9 Å². The maximum Gasteiger partial charge on any atom is 0.311 e. The predicted molar refractivity (Wildman–Crippen MR) is 81.5 cm³/mol. The molecule has 6 heteroatoms. The molecule has 2 N–H and O–H groups in total. The maximum atomic E-state index is 12.0. The van der Waals surface area contributed by atoms with Gasteiger partial charge in [0.1, 0.15) is 0 Å². The number of rotatable bonds is 12. The van der Waals surface area contributed by atoms with E-state index in [4.69, 9.17) is 14.9 Å². The Labute approximate surface area is 131 Å². The van der Waals surface area contributed by atoms with Gasteiger partial charge in [0.2, 0.25) is 0 Å². The number of unbranched alkanes of at least 4 members (excludes halogenated alkanes) is 4. The molecule has 2 atom stereocenters. The molecule has 22 heavy (non-hydrogen) atoms. The Bertz CT molecular complexity index is 379. The number of esters is 1. The molecule has 0 aromatic carbocycles. The van der Waals surface area contributed by atoms with Crippen molar-refractivity contribution in [2.75, 3.05) is 7.11 Å². The molecule has 0 aromatic rings. The molecule has 2 unspecified atom stereocenters. The normalized spacial score (nSPS) is 14.9. The zero-order valence-corrected chi connectivity index (χ0v) is 13.8. The Balaban J connectivity index is 4.23. The standard InChI is InChI=1S/C16H28O6/c1-12(14(19)20)11-16(2,15(21)22-3)10-8-6-4-5-7-9-13(17)18/h12H,4-11H2,1-3H3,(H,17,18)(H,19,20). The zero-order valence-electron chi connectivity index (χ0n) is 13.8. The van der Waals surface area contributed by atoms with Crippen LogP contribution >= 0.6 is 0 Å². The third kappa shape index (κ3) is 8.00. The summed E-state index contributed by atoms with van der Waals surface area (Å²) >= 11 is 0. The molecule has 0 rings (SSSR count). The molecule has 0 fully saturated rings. The summed E-state index contributed by atoms with van der Waals surface area (Å²) in [6, 6.07) is 0. The van der Waals surface area contributed by atoms with E-state index >= 15 is 0 Å². The average molecular weight is 316 g/mol. The molecule has 0 saturated carbocycles. The highest BCUT2D eigenvalue weighted by molar-refractivity contribution is 5.78. The van der Waals surface area contributed by atoms with Crippen LogP contribution in [0.1, 0.15) is 65.2 Å². The number of carbonyl (C=O) groups excluding carboxylic acids is 1. The van der Waals surface area contributed by atoms with Crippen molar-refractivity contribution in [1.29, 1.82) is 0 Å². The first-order valence-corrected chi connectivity index (χ1v) is 7.76. The Morgan fingerprint density at radius 3 is 2.09 bits per heavy atom. The van der Waals surface area contributed by atoms with Crippen molar-refractivity contribution in [3.8, 4) is 0 Å². The highest BCUT2D eigenvalue weighted by atomic mass is 16.5. The molecule has 0 amide bonds.